The first kappa shape index (κ1) is 15.8. The number of nitrogens with zero attached hydrogens (tertiary/aromatic N) is 4. The van der Waals surface area contributed by atoms with Crippen LogP contribution < -0.4 is 4.90 Å². The molecule has 6 nitrogen and oxygen atoms in total. The molecule has 0 radical (unpaired) electrons. The minimum absolute atomic E-state index is 0.214. The molecule has 0 atom stereocenters. The van der Waals surface area contributed by atoms with Crippen molar-refractivity contribution < 1.29 is 9.21 Å². The summed E-state index contributed by atoms with van der Waals surface area (Å²) in [7, 11) is 0. The van der Waals surface area contributed by atoms with Gasteiger partial charge in [-0.1, -0.05) is 26.0 Å². The summed E-state index contributed by atoms with van der Waals surface area (Å²) < 4.78 is 5.81. The number of para-hydroxylation sites is 2. The Morgan fingerprint density at radius 3 is 2.52 bits per heavy atom. The maximum Gasteiger partial charge on any atom is 0.298 e. The number of amides is 1. The van der Waals surface area contributed by atoms with Gasteiger partial charge in [0.25, 0.3) is 6.01 Å². The topological polar surface area (TPSA) is 52.8 Å². The van der Waals surface area contributed by atoms with Crippen LogP contribution >= 0.6 is 0 Å². The molecule has 0 bridgehead atoms. The molecule has 1 aliphatic rings. The van der Waals surface area contributed by atoms with Gasteiger partial charge in [-0.3, -0.25) is 9.69 Å². The molecule has 1 aliphatic heterocycles. The number of fused-ring (bicyclic) bond motifs is 1. The highest BCUT2D eigenvalue weighted by Crippen LogP contribution is 2.22. The summed E-state index contributed by atoms with van der Waals surface area (Å²) >= 11 is 0. The SMILES string of the molecule is CCN(CC)CC(=O)N1CCN(c2nc3ccccc3o2)CC1. The number of piperazine rings is 1. The quantitative estimate of drug-likeness (QED) is 0.842. The maximum absolute atomic E-state index is 12.3. The third kappa shape index (κ3) is 3.47. The van der Waals surface area contributed by atoms with Gasteiger partial charge in [0.1, 0.15) is 5.52 Å². The number of carbonyl (C=O) groups excluding carboxylic acids is 1. The molecule has 1 aromatic heterocycles. The Labute approximate surface area is 136 Å². The lowest BCUT2D eigenvalue weighted by Crippen LogP contribution is -2.51. The van der Waals surface area contributed by atoms with Crippen molar-refractivity contribution >= 4 is 23.0 Å². The van der Waals surface area contributed by atoms with Crippen LogP contribution in [0.15, 0.2) is 28.7 Å². The Morgan fingerprint density at radius 1 is 1.17 bits per heavy atom. The van der Waals surface area contributed by atoms with Crippen molar-refractivity contribution in [3.8, 4) is 0 Å². The fraction of sp³-hybridized carbons (Fsp3) is 0.529. The lowest BCUT2D eigenvalue weighted by molar-refractivity contribution is -0.132. The predicted octanol–water partition coefficient (Wildman–Crippen LogP) is 1.82. The summed E-state index contributed by atoms with van der Waals surface area (Å²) in [5, 5.41) is 0. The number of likely N-dealkylation sites (N-methyl/N-ethyl adjacent to an activating group) is 1. The first-order valence-electron chi connectivity index (χ1n) is 8.32. The van der Waals surface area contributed by atoms with Gasteiger partial charge in [-0.15, -0.1) is 0 Å². The predicted molar refractivity (Wildman–Crippen MR) is 90.6 cm³/mol. The number of hydrogen-bond acceptors (Lipinski definition) is 5. The van der Waals surface area contributed by atoms with Gasteiger partial charge in [0.15, 0.2) is 5.58 Å². The number of aromatic nitrogens is 1. The van der Waals surface area contributed by atoms with E-state index in [0.29, 0.717) is 12.6 Å². The normalized spacial score (nSPS) is 15.6. The molecule has 0 unspecified atom stereocenters. The van der Waals surface area contributed by atoms with Gasteiger partial charge in [0.05, 0.1) is 6.54 Å². The summed E-state index contributed by atoms with van der Waals surface area (Å²) in [6.07, 6.45) is 0. The molecule has 1 saturated heterocycles. The van der Waals surface area contributed by atoms with Gasteiger partial charge in [-0.05, 0) is 25.2 Å². The molecular weight excluding hydrogens is 292 g/mol. The second kappa shape index (κ2) is 7.00. The third-order valence-corrected chi connectivity index (χ3v) is 4.44. The maximum atomic E-state index is 12.3. The molecule has 1 amide bonds. The van der Waals surface area contributed by atoms with Crippen LogP contribution in [0.3, 0.4) is 0 Å². The first-order valence-corrected chi connectivity index (χ1v) is 8.32. The van der Waals surface area contributed by atoms with Crippen LogP contribution in [-0.2, 0) is 4.79 Å². The van der Waals surface area contributed by atoms with Gasteiger partial charge in [0, 0.05) is 26.2 Å². The fourth-order valence-electron chi connectivity index (χ4n) is 2.88. The molecule has 23 heavy (non-hydrogen) atoms. The van der Waals surface area contributed by atoms with Gasteiger partial charge >= 0.3 is 0 Å². The van der Waals surface area contributed by atoms with E-state index in [1.165, 1.54) is 0 Å². The number of hydrogen-bond donors (Lipinski definition) is 0. The monoisotopic (exact) mass is 316 g/mol. The van der Waals surface area contributed by atoms with Gasteiger partial charge < -0.3 is 14.2 Å². The first-order chi connectivity index (χ1) is 11.2. The Morgan fingerprint density at radius 2 is 1.87 bits per heavy atom. The van der Waals surface area contributed by atoms with E-state index in [1.54, 1.807) is 0 Å². The van der Waals surface area contributed by atoms with Gasteiger partial charge in [-0.25, -0.2) is 0 Å². The summed E-state index contributed by atoms with van der Waals surface area (Å²) in [5.41, 5.74) is 1.69. The molecule has 2 heterocycles. The molecule has 1 fully saturated rings. The zero-order valence-electron chi connectivity index (χ0n) is 13.9. The van der Waals surface area contributed by atoms with Crippen LogP contribution in [0.4, 0.5) is 6.01 Å². The second-order valence-electron chi connectivity index (χ2n) is 5.79. The van der Waals surface area contributed by atoms with Crippen LogP contribution in [0.5, 0.6) is 0 Å². The van der Waals surface area contributed by atoms with E-state index in [2.05, 4.69) is 28.6 Å². The van der Waals surface area contributed by atoms with E-state index in [4.69, 9.17) is 4.42 Å². The van der Waals surface area contributed by atoms with Crippen molar-refractivity contribution in [2.24, 2.45) is 0 Å². The molecule has 124 valence electrons. The molecule has 0 spiro atoms. The number of rotatable bonds is 5. The molecule has 3 rings (SSSR count). The number of carbonyl (C=O) groups is 1. The minimum Gasteiger partial charge on any atom is -0.423 e. The zero-order chi connectivity index (χ0) is 16.2. The van der Waals surface area contributed by atoms with E-state index in [-0.39, 0.29) is 5.91 Å². The average Bonchev–Trinajstić information content (AvgIpc) is 3.03. The van der Waals surface area contributed by atoms with Crippen LogP contribution in [0, 0.1) is 0 Å². The minimum atomic E-state index is 0.214. The molecule has 1 aromatic carbocycles. The van der Waals surface area contributed by atoms with Crippen molar-refractivity contribution in [3.63, 3.8) is 0 Å². The summed E-state index contributed by atoms with van der Waals surface area (Å²) in [5.74, 6) is 0.214. The Kier molecular flexibility index (Phi) is 4.81. The largest absolute Gasteiger partial charge is 0.423 e. The molecule has 0 aliphatic carbocycles. The lowest BCUT2D eigenvalue weighted by Gasteiger charge is -2.34. The highest BCUT2D eigenvalue weighted by atomic mass is 16.4. The van der Waals surface area contributed by atoms with E-state index < -0.39 is 0 Å². The molecule has 2 aromatic rings. The highest BCUT2D eigenvalue weighted by Gasteiger charge is 2.24. The molecule has 0 N–H and O–H groups in total. The standard InChI is InChI=1S/C17H24N4O2/c1-3-19(4-2)13-16(22)20-9-11-21(12-10-20)17-18-14-7-5-6-8-15(14)23-17/h5-8H,3-4,9-13H2,1-2H3. The second-order valence-corrected chi connectivity index (χ2v) is 5.79. The van der Waals surface area contributed by atoms with Gasteiger partial charge in [0.2, 0.25) is 5.91 Å². The summed E-state index contributed by atoms with van der Waals surface area (Å²) in [6, 6.07) is 8.43. The Balaban J connectivity index is 1.58. The number of benzene rings is 1. The van der Waals surface area contributed by atoms with Gasteiger partial charge in [-0.2, -0.15) is 4.98 Å². The Hall–Kier alpha value is -2.08. The average molecular weight is 316 g/mol. The number of anilines is 1. The molecule has 6 heteroatoms. The molecular formula is C17H24N4O2. The lowest BCUT2D eigenvalue weighted by atomic mass is 10.3. The summed E-state index contributed by atoms with van der Waals surface area (Å²) in [4.78, 5) is 23.1. The van der Waals surface area contributed by atoms with E-state index in [1.807, 2.05) is 29.2 Å². The zero-order valence-corrected chi connectivity index (χ0v) is 13.9. The van der Waals surface area contributed by atoms with Crippen molar-refractivity contribution in [2.45, 2.75) is 13.8 Å². The highest BCUT2D eigenvalue weighted by molar-refractivity contribution is 5.78. The van der Waals surface area contributed by atoms with Crippen molar-refractivity contribution in [1.82, 2.24) is 14.8 Å². The Bertz CT molecular complexity index is 624. The van der Waals surface area contributed by atoms with Crippen LogP contribution in [0.2, 0.25) is 0 Å². The van der Waals surface area contributed by atoms with E-state index in [9.17, 15) is 4.79 Å². The van der Waals surface area contributed by atoms with Crippen molar-refractivity contribution in [3.05, 3.63) is 24.3 Å². The van der Waals surface area contributed by atoms with Crippen molar-refractivity contribution in [1.29, 1.82) is 0 Å². The molecule has 0 saturated carbocycles. The van der Waals surface area contributed by atoms with E-state index >= 15 is 0 Å². The van der Waals surface area contributed by atoms with Crippen LogP contribution in [0.25, 0.3) is 11.1 Å². The van der Waals surface area contributed by atoms with Crippen molar-refractivity contribution in [2.75, 3.05) is 50.7 Å². The third-order valence-electron chi connectivity index (χ3n) is 4.44. The smallest absolute Gasteiger partial charge is 0.298 e. The van der Waals surface area contributed by atoms with E-state index in [0.717, 1.165) is 50.4 Å². The summed E-state index contributed by atoms with van der Waals surface area (Å²) in [6.45, 7) is 9.46. The van der Waals surface area contributed by atoms with Crippen LogP contribution in [-0.4, -0.2) is 66.5 Å². The fourth-order valence-corrected chi connectivity index (χ4v) is 2.88. The number of oxazole rings is 1. The van der Waals surface area contributed by atoms with Crippen LogP contribution in [0.1, 0.15) is 13.8 Å².